The van der Waals surface area contributed by atoms with Gasteiger partial charge in [0, 0.05) is 24.2 Å². The maximum atomic E-state index is 13.2. The smallest absolute Gasteiger partial charge is 0.308 e. The van der Waals surface area contributed by atoms with Gasteiger partial charge in [-0.1, -0.05) is 24.7 Å². The number of thiazole rings is 1. The third-order valence-electron chi connectivity index (χ3n) is 6.17. The molecule has 0 saturated carbocycles. The number of aromatic nitrogens is 1. The fraction of sp³-hybridized carbons (Fsp3) is 0.370. The minimum absolute atomic E-state index is 0.175. The molecule has 4 rings (SSSR count). The van der Waals surface area contributed by atoms with Crippen LogP contribution in [0.2, 0.25) is 0 Å². The number of esters is 1. The van der Waals surface area contributed by atoms with Crippen LogP contribution >= 0.6 is 11.3 Å². The van der Waals surface area contributed by atoms with Crippen molar-refractivity contribution in [2.45, 2.75) is 45.6 Å². The van der Waals surface area contributed by atoms with E-state index < -0.39 is 5.97 Å². The third-order valence-corrected chi connectivity index (χ3v) is 7.16. The van der Waals surface area contributed by atoms with E-state index in [0.29, 0.717) is 40.4 Å². The molecule has 0 amide bonds. The van der Waals surface area contributed by atoms with Gasteiger partial charge in [-0.05, 0) is 80.9 Å². The number of hydrogen-bond acceptors (Lipinski definition) is 9. The zero-order chi connectivity index (χ0) is 25.7. The molecule has 1 aromatic heterocycles. The van der Waals surface area contributed by atoms with E-state index in [1.54, 1.807) is 18.2 Å². The first-order valence-electron chi connectivity index (χ1n) is 12.2. The highest BCUT2D eigenvalue weighted by atomic mass is 32.1. The van der Waals surface area contributed by atoms with Gasteiger partial charge in [0.2, 0.25) is 5.78 Å². The fourth-order valence-electron chi connectivity index (χ4n) is 4.26. The summed E-state index contributed by atoms with van der Waals surface area (Å²) in [5.41, 5.74) is 8.21. The average molecular weight is 509 g/mol. The molecule has 1 saturated heterocycles. The van der Waals surface area contributed by atoms with E-state index in [4.69, 9.17) is 15.2 Å². The van der Waals surface area contributed by atoms with Crippen LogP contribution < -0.4 is 20.5 Å². The van der Waals surface area contributed by atoms with Crippen molar-refractivity contribution in [3.05, 3.63) is 58.5 Å². The highest BCUT2D eigenvalue weighted by Gasteiger charge is 2.22. The number of benzene rings is 2. The molecule has 1 aliphatic heterocycles. The molecule has 1 aliphatic rings. The summed E-state index contributed by atoms with van der Waals surface area (Å²) in [5, 5.41) is 3.75. The number of carbonyl (C=O) groups is 2. The number of rotatable bonds is 10. The zero-order valence-electron chi connectivity index (χ0n) is 20.9. The average Bonchev–Trinajstić information content (AvgIpc) is 3.43. The number of nitrogens with one attached hydrogen (secondary N) is 1. The van der Waals surface area contributed by atoms with Crippen LogP contribution in [0, 0.1) is 0 Å². The molecule has 9 heteroatoms. The number of likely N-dealkylation sites (N-methyl/N-ethyl adjacent to an activating group) is 1. The number of carbonyl (C=O) groups excluding carboxylic acids is 2. The van der Waals surface area contributed by atoms with Crippen molar-refractivity contribution in [1.29, 1.82) is 0 Å². The van der Waals surface area contributed by atoms with Crippen LogP contribution in [0.3, 0.4) is 0 Å². The molecule has 1 atom stereocenters. The van der Waals surface area contributed by atoms with E-state index in [1.165, 1.54) is 31.1 Å². The van der Waals surface area contributed by atoms with E-state index in [1.807, 2.05) is 31.2 Å². The normalized spacial score (nSPS) is 15.6. The lowest BCUT2D eigenvalue weighted by Crippen LogP contribution is -2.30. The molecule has 1 fully saturated rings. The Kier molecular flexibility index (Phi) is 8.22. The van der Waals surface area contributed by atoms with Gasteiger partial charge in [0.05, 0.1) is 0 Å². The molecule has 1 unspecified atom stereocenters. The van der Waals surface area contributed by atoms with Crippen molar-refractivity contribution in [2.75, 3.05) is 31.2 Å². The van der Waals surface area contributed by atoms with Crippen molar-refractivity contribution in [2.24, 2.45) is 0 Å². The van der Waals surface area contributed by atoms with Crippen LogP contribution in [0.25, 0.3) is 0 Å². The van der Waals surface area contributed by atoms with Gasteiger partial charge in [-0.3, -0.25) is 9.59 Å². The van der Waals surface area contributed by atoms with Gasteiger partial charge >= 0.3 is 5.97 Å². The molecular weight excluding hydrogens is 476 g/mol. The molecule has 2 heterocycles. The molecule has 0 spiro atoms. The van der Waals surface area contributed by atoms with E-state index in [0.717, 1.165) is 30.0 Å². The van der Waals surface area contributed by atoms with Crippen molar-refractivity contribution in [3.63, 3.8) is 0 Å². The Morgan fingerprint density at radius 1 is 1.22 bits per heavy atom. The summed E-state index contributed by atoms with van der Waals surface area (Å²) in [6.45, 7) is 5.19. The minimum atomic E-state index is -0.394. The molecule has 0 aliphatic carbocycles. The summed E-state index contributed by atoms with van der Waals surface area (Å²) >= 11 is 1.20. The summed E-state index contributed by atoms with van der Waals surface area (Å²) in [4.78, 5) is 31.6. The lowest BCUT2D eigenvalue weighted by atomic mass is 10.0. The van der Waals surface area contributed by atoms with Gasteiger partial charge in [-0.2, -0.15) is 0 Å². The van der Waals surface area contributed by atoms with E-state index in [2.05, 4.69) is 22.2 Å². The van der Waals surface area contributed by atoms with E-state index in [9.17, 15) is 9.59 Å². The molecule has 0 bridgehead atoms. The summed E-state index contributed by atoms with van der Waals surface area (Å²) in [7, 11) is 2.13. The van der Waals surface area contributed by atoms with E-state index >= 15 is 0 Å². The largest absolute Gasteiger partial charge is 0.492 e. The van der Waals surface area contributed by atoms with E-state index in [-0.39, 0.29) is 11.6 Å². The lowest BCUT2D eigenvalue weighted by molar-refractivity contribution is -0.131. The number of anilines is 3. The summed E-state index contributed by atoms with van der Waals surface area (Å²) in [6, 6.07) is 13.2. The number of likely N-dealkylation sites (tertiary alicyclic amines) is 1. The maximum Gasteiger partial charge on any atom is 0.308 e. The number of ether oxygens (including phenoxy) is 2. The molecule has 8 nitrogen and oxygen atoms in total. The van der Waals surface area contributed by atoms with Crippen molar-refractivity contribution in [1.82, 2.24) is 9.88 Å². The standard InChI is InChI=1S/C27H32N4O4S/c1-4-6-18-15-19(8-13-23(18)35-17(2)32)24(33)25-26(28)30-27(36-25)29-20-9-11-22(12-10-20)34-16-21-7-5-14-31(21)3/h8-13,15,21H,4-7,14,16,28H2,1-3H3,(H,29,30). The highest BCUT2D eigenvalue weighted by molar-refractivity contribution is 7.18. The Labute approximate surface area is 215 Å². The molecule has 36 heavy (non-hydrogen) atoms. The Hall–Kier alpha value is -3.43. The number of nitrogens with two attached hydrogens (primary N) is 1. The molecular formula is C27H32N4O4S. The second-order valence-corrected chi connectivity index (χ2v) is 9.96. The van der Waals surface area contributed by atoms with Crippen molar-refractivity contribution in [3.8, 4) is 11.5 Å². The SMILES string of the molecule is CCCc1cc(C(=O)c2sc(Nc3ccc(OCC4CCCN4C)cc3)nc2N)ccc1OC(C)=O. The lowest BCUT2D eigenvalue weighted by Gasteiger charge is -2.19. The van der Waals surface area contributed by atoms with Crippen LogP contribution in [-0.2, 0) is 11.2 Å². The van der Waals surface area contributed by atoms with Crippen LogP contribution in [0.1, 0.15) is 53.9 Å². The van der Waals surface area contributed by atoms with Gasteiger partial charge in [-0.25, -0.2) is 4.98 Å². The second-order valence-electron chi connectivity index (χ2n) is 8.97. The second kappa shape index (κ2) is 11.5. The molecule has 2 aromatic carbocycles. The molecule has 0 radical (unpaired) electrons. The van der Waals surface area contributed by atoms with Gasteiger partial charge < -0.3 is 25.4 Å². The highest BCUT2D eigenvalue weighted by Crippen LogP contribution is 2.32. The first-order chi connectivity index (χ1) is 17.3. The minimum Gasteiger partial charge on any atom is -0.492 e. The Morgan fingerprint density at radius 3 is 2.67 bits per heavy atom. The van der Waals surface area contributed by atoms with Crippen molar-refractivity contribution >= 4 is 39.7 Å². The first-order valence-corrected chi connectivity index (χ1v) is 13.0. The fourth-order valence-corrected chi connectivity index (χ4v) is 5.13. The molecule has 3 aromatic rings. The monoisotopic (exact) mass is 508 g/mol. The van der Waals surface area contributed by atoms with Gasteiger partial charge in [0.25, 0.3) is 0 Å². The van der Waals surface area contributed by atoms with Gasteiger partial charge in [0.15, 0.2) is 5.13 Å². The summed E-state index contributed by atoms with van der Waals surface area (Å²) < 4.78 is 11.2. The number of hydrogen-bond donors (Lipinski definition) is 2. The topological polar surface area (TPSA) is 107 Å². The van der Waals surface area contributed by atoms with Crippen molar-refractivity contribution < 1.29 is 19.1 Å². The zero-order valence-corrected chi connectivity index (χ0v) is 21.7. The van der Waals surface area contributed by atoms with Gasteiger partial charge in [-0.15, -0.1) is 0 Å². The molecule has 190 valence electrons. The van der Waals surface area contributed by atoms with Crippen LogP contribution in [0.15, 0.2) is 42.5 Å². The Balaban J connectivity index is 1.43. The van der Waals surface area contributed by atoms with Gasteiger partial charge in [0.1, 0.15) is 28.8 Å². The number of aryl methyl sites for hydroxylation is 1. The van der Waals surface area contributed by atoms with Crippen LogP contribution in [0.4, 0.5) is 16.6 Å². The Bertz CT molecular complexity index is 1230. The quantitative estimate of drug-likeness (QED) is 0.223. The predicted octanol–water partition coefficient (Wildman–Crippen LogP) is 5.05. The van der Waals surface area contributed by atoms with Crippen LogP contribution in [-0.4, -0.2) is 47.9 Å². The summed E-state index contributed by atoms with van der Waals surface area (Å²) in [6.07, 6.45) is 3.92. The number of nitrogens with zero attached hydrogens (tertiary/aromatic N) is 2. The first kappa shape index (κ1) is 25.7. The summed E-state index contributed by atoms with van der Waals surface area (Å²) in [5.74, 6) is 0.855. The molecule has 3 N–H and O–H groups in total. The Morgan fingerprint density at radius 2 is 2.00 bits per heavy atom. The third kappa shape index (κ3) is 6.22. The maximum absolute atomic E-state index is 13.2. The number of nitrogen functional groups attached to an aromatic ring is 1. The van der Waals surface area contributed by atoms with Crippen LogP contribution in [0.5, 0.6) is 11.5 Å². The number of ketones is 1. The predicted molar refractivity (Wildman–Crippen MR) is 143 cm³/mol.